The highest BCUT2D eigenvalue weighted by molar-refractivity contribution is 7.14. The Morgan fingerprint density at radius 2 is 1.85 bits per heavy atom. The van der Waals surface area contributed by atoms with Gasteiger partial charge in [-0.3, -0.25) is 15.4 Å². The fourth-order valence-electron chi connectivity index (χ4n) is 2.24. The fourth-order valence-corrected chi connectivity index (χ4v) is 2.95. The summed E-state index contributed by atoms with van der Waals surface area (Å²) in [6, 6.07) is 10.3. The Morgan fingerprint density at radius 3 is 2.48 bits per heavy atom. The van der Waals surface area contributed by atoms with Crippen molar-refractivity contribution >= 4 is 34.2 Å². The van der Waals surface area contributed by atoms with Gasteiger partial charge in [0.1, 0.15) is 5.60 Å². The average Bonchev–Trinajstić information content (AvgIpc) is 3.24. The molecule has 0 spiro atoms. The molecule has 3 aromatic rings. The van der Waals surface area contributed by atoms with Crippen molar-refractivity contribution in [1.29, 1.82) is 0 Å². The van der Waals surface area contributed by atoms with Crippen molar-refractivity contribution in [3.63, 3.8) is 0 Å². The molecule has 1 aromatic carbocycles. The number of carbonyl (C=O) groups excluding carboxylic acids is 2. The summed E-state index contributed by atoms with van der Waals surface area (Å²) >= 11 is 1.35. The third kappa shape index (κ3) is 5.18. The molecule has 7 nitrogen and oxygen atoms in total. The van der Waals surface area contributed by atoms with E-state index in [1.54, 1.807) is 45.0 Å². The number of hydrogen-bond acceptors (Lipinski definition) is 5. The van der Waals surface area contributed by atoms with Gasteiger partial charge in [0.05, 0.1) is 11.4 Å². The molecule has 0 saturated heterocycles. The number of nitrogens with one attached hydrogen (secondary N) is 3. The number of rotatable bonds is 4. The topological polar surface area (TPSA) is 96.1 Å². The van der Waals surface area contributed by atoms with Crippen LogP contribution in [0.15, 0.2) is 48.0 Å². The monoisotopic (exact) mass is 384 g/mol. The van der Waals surface area contributed by atoms with Crippen LogP contribution in [0.3, 0.4) is 0 Å². The Balaban J connectivity index is 1.60. The van der Waals surface area contributed by atoms with E-state index in [0.29, 0.717) is 16.4 Å². The average molecular weight is 384 g/mol. The van der Waals surface area contributed by atoms with Gasteiger partial charge in [-0.15, -0.1) is 11.3 Å². The zero-order valence-electron chi connectivity index (χ0n) is 15.2. The largest absolute Gasteiger partial charge is 0.444 e. The van der Waals surface area contributed by atoms with E-state index in [1.807, 2.05) is 23.7 Å². The molecule has 0 aliphatic carbocycles. The maximum absolute atomic E-state index is 12.4. The molecule has 0 aliphatic rings. The molecule has 0 bridgehead atoms. The molecule has 2 amide bonds. The number of H-pyrrole nitrogens is 1. The number of amides is 2. The van der Waals surface area contributed by atoms with E-state index >= 15 is 0 Å². The van der Waals surface area contributed by atoms with E-state index in [0.717, 1.165) is 11.4 Å². The van der Waals surface area contributed by atoms with Crippen LogP contribution >= 0.6 is 11.3 Å². The zero-order valence-corrected chi connectivity index (χ0v) is 16.0. The van der Waals surface area contributed by atoms with Crippen molar-refractivity contribution < 1.29 is 14.3 Å². The van der Waals surface area contributed by atoms with Crippen molar-refractivity contribution in [2.75, 3.05) is 10.6 Å². The summed E-state index contributed by atoms with van der Waals surface area (Å²) in [7, 11) is 0. The van der Waals surface area contributed by atoms with Crippen LogP contribution < -0.4 is 10.6 Å². The lowest BCUT2D eigenvalue weighted by molar-refractivity contribution is 0.0636. The number of anilines is 2. The van der Waals surface area contributed by atoms with Gasteiger partial charge in [-0.2, -0.15) is 0 Å². The Labute approximate surface area is 160 Å². The molecule has 2 aromatic heterocycles. The molecule has 0 aliphatic heterocycles. The number of hydrogen-bond donors (Lipinski definition) is 3. The van der Waals surface area contributed by atoms with Gasteiger partial charge < -0.3 is 9.72 Å². The highest BCUT2D eigenvalue weighted by Crippen LogP contribution is 2.24. The molecule has 3 rings (SSSR count). The summed E-state index contributed by atoms with van der Waals surface area (Å²) in [6.45, 7) is 5.37. The van der Waals surface area contributed by atoms with E-state index < -0.39 is 11.7 Å². The van der Waals surface area contributed by atoms with Crippen LogP contribution in [0.2, 0.25) is 0 Å². The number of aromatic amines is 1. The fraction of sp³-hybridized carbons (Fsp3) is 0.211. The lowest BCUT2D eigenvalue weighted by Crippen LogP contribution is -2.27. The molecule has 0 fully saturated rings. The van der Waals surface area contributed by atoms with Gasteiger partial charge >= 0.3 is 6.09 Å². The number of ether oxygens (including phenoxy) is 1. The molecule has 2 heterocycles. The normalized spacial score (nSPS) is 11.1. The molecule has 140 valence electrons. The van der Waals surface area contributed by atoms with Crippen LogP contribution in [0, 0.1) is 0 Å². The minimum atomic E-state index is -0.573. The SMILES string of the molecule is CC(C)(C)OC(=O)Nc1ccc(C(=O)Nc2nc(-c3ccc[nH]3)cs2)cc1. The second-order valence-electron chi connectivity index (χ2n) is 6.78. The zero-order chi connectivity index (χ0) is 19.4. The molecular weight excluding hydrogens is 364 g/mol. The first-order chi connectivity index (χ1) is 12.8. The Bertz CT molecular complexity index is 925. The minimum absolute atomic E-state index is 0.272. The van der Waals surface area contributed by atoms with Crippen LogP contribution in [0.1, 0.15) is 31.1 Å². The highest BCUT2D eigenvalue weighted by Gasteiger charge is 2.16. The number of nitrogens with zero attached hydrogens (tertiary/aromatic N) is 1. The lowest BCUT2D eigenvalue weighted by Gasteiger charge is -2.19. The summed E-state index contributed by atoms with van der Waals surface area (Å²) in [5.74, 6) is -0.272. The highest BCUT2D eigenvalue weighted by atomic mass is 32.1. The molecule has 27 heavy (non-hydrogen) atoms. The Hall–Kier alpha value is -3.13. The first-order valence-corrected chi connectivity index (χ1v) is 9.19. The van der Waals surface area contributed by atoms with Crippen molar-refractivity contribution in [3.8, 4) is 11.4 Å². The van der Waals surface area contributed by atoms with Crippen LogP contribution in [-0.2, 0) is 4.74 Å². The number of benzene rings is 1. The van der Waals surface area contributed by atoms with Gasteiger partial charge in [0.25, 0.3) is 5.91 Å². The quantitative estimate of drug-likeness (QED) is 0.605. The third-order valence-corrected chi connectivity index (χ3v) is 4.15. The summed E-state index contributed by atoms with van der Waals surface area (Å²) in [6.07, 6.45) is 1.28. The van der Waals surface area contributed by atoms with Crippen LogP contribution in [0.25, 0.3) is 11.4 Å². The third-order valence-electron chi connectivity index (χ3n) is 3.39. The van der Waals surface area contributed by atoms with Crippen molar-refractivity contribution in [2.45, 2.75) is 26.4 Å². The van der Waals surface area contributed by atoms with Crippen LogP contribution in [-0.4, -0.2) is 27.6 Å². The first kappa shape index (κ1) is 18.7. The number of aromatic nitrogens is 2. The van der Waals surface area contributed by atoms with Gasteiger partial charge in [-0.05, 0) is 57.2 Å². The summed E-state index contributed by atoms with van der Waals surface area (Å²) in [5.41, 5.74) is 2.10. The molecule has 0 radical (unpaired) electrons. The summed E-state index contributed by atoms with van der Waals surface area (Å²) in [4.78, 5) is 31.6. The van der Waals surface area contributed by atoms with E-state index in [1.165, 1.54) is 11.3 Å². The van der Waals surface area contributed by atoms with Crippen molar-refractivity contribution in [1.82, 2.24) is 9.97 Å². The van der Waals surface area contributed by atoms with Crippen LogP contribution in [0.5, 0.6) is 0 Å². The van der Waals surface area contributed by atoms with E-state index in [2.05, 4.69) is 20.6 Å². The molecule has 0 saturated carbocycles. The van der Waals surface area contributed by atoms with Crippen molar-refractivity contribution in [3.05, 3.63) is 53.5 Å². The Kier molecular flexibility index (Phi) is 5.27. The molecule has 0 atom stereocenters. The van der Waals surface area contributed by atoms with Gasteiger partial charge in [0.2, 0.25) is 0 Å². The maximum Gasteiger partial charge on any atom is 0.412 e. The standard InChI is InChI=1S/C19H20N4O3S/c1-19(2,3)26-18(25)21-13-8-6-12(7-9-13)16(24)23-17-22-15(11-27-17)14-5-4-10-20-14/h4-11,20H,1-3H3,(H,21,25)(H,22,23,24). The molecular formula is C19H20N4O3S. The van der Waals surface area contributed by atoms with E-state index in [-0.39, 0.29) is 5.91 Å². The summed E-state index contributed by atoms with van der Waals surface area (Å²) < 4.78 is 5.19. The second kappa shape index (κ2) is 7.63. The minimum Gasteiger partial charge on any atom is -0.444 e. The molecule has 8 heteroatoms. The predicted octanol–water partition coefficient (Wildman–Crippen LogP) is 4.74. The van der Waals surface area contributed by atoms with Gasteiger partial charge in [-0.25, -0.2) is 9.78 Å². The predicted molar refractivity (Wildman–Crippen MR) is 106 cm³/mol. The van der Waals surface area contributed by atoms with Gasteiger partial charge in [-0.1, -0.05) is 0 Å². The molecule has 0 unspecified atom stereocenters. The Morgan fingerprint density at radius 1 is 1.11 bits per heavy atom. The van der Waals surface area contributed by atoms with E-state index in [9.17, 15) is 9.59 Å². The number of thiazole rings is 1. The van der Waals surface area contributed by atoms with Gasteiger partial charge in [0, 0.05) is 22.8 Å². The summed E-state index contributed by atoms with van der Waals surface area (Å²) in [5, 5.41) is 7.79. The van der Waals surface area contributed by atoms with Crippen LogP contribution in [0.4, 0.5) is 15.6 Å². The lowest BCUT2D eigenvalue weighted by atomic mass is 10.2. The molecule has 3 N–H and O–H groups in total. The van der Waals surface area contributed by atoms with E-state index in [4.69, 9.17) is 4.74 Å². The maximum atomic E-state index is 12.4. The van der Waals surface area contributed by atoms with Gasteiger partial charge in [0.15, 0.2) is 5.13 Å². The first-order valence-electron chi connectivity index (χ1n) is 8.31. The smallest absolute Gasteiger partial charge is 0.412 e. The van der Waals surface area contributed by atoms with Crippen molar-refractivity contribution in [2.24, 2.45) is 0 Å². The second-order valence-corrected chi connectivity index (χ2v) is 7.64. The number of carbonyl (C=O) groups is 2.